The van der Waals surface area contributed by atoms with Gasteiger partial charge in [-0.15, -0.1) is 0 Å². The van der Waals surface area contributed by atoms with Crippen LogP contribution in [0.3, 0.4) is 0 Å². The lowest BCUT2D eigenvalue weighted by molar-refractivity contribution is 0.414. The zero-order valence-corrected chi connectivity index (χ0v) is 12.8. The Morgan fingerprint density at radius 1 is 1.13 bits per heavy atom. The summed E-state index contributed by atoms with van der Waals surface area (Å²) in [5.41, 5.74) is 2.79. The van der Waals surface area contributed by atoms with E-state index in [0.29, 0.717) is 12.1 Å². The van der Waals surface area contributed by atoms with Crippen LogP contribution in [0.1, 0.15) is 11.1 Å². The average Bonchev–Trinajstić information content (AvgIpc) is 3.15. The van der Waals surface area contributed by atoms with E-state index < -0.39 is 0 Å². The van der Waals surface area contributed by atoms with Gasteiger partial charge < -0.3 is 4.74 Å². The Morgan fingerprint density at radius 2 is 1.87 bits per heavy atom. The van der Waals surface area contributed by atoms with Crippen LogP contribution in [0, 0.1) is 11.3 Å². The van der Waals surface area contributed by atoms with E-state index in [1.54, 1.807) is 19.6 Å². The van der Waals surface area contributed by atoms with Crippen molar-refractivity contribution in [3.8, 4) is 11.8 Å². The minimum absolute atomic E-state index is 0.660. The number of nitriles is 1. The third-order valence-electron chi connectivity index (χ3n) is 3.56. The number of methoxy groups -OCH3 is 1. The zero-order chi connectivity index (χ0) is 16.1. The van der Waals surface area contributed by atoms with Gasteiger partial charge in [0.2, 0.25) is 0 Å². The predicted octanol–water partition coefficient (Wildman–Crippen LogP) is 3.23. The molecule has 0 unspecified atom stereocenters. The van der Waals surface area contributed by atoms with Crippen molar-refractivity contribution in [3.05, 3.63) is 78.4 Å². The van der Waals surface area contributed by atoms with Crippen LogP contribution in [-0.2, 0) is 6.54 Å². The third kappa shape index (κ3) is 3.33. The van der Waals surface area contributed by atoms with E-state index in [1.807, 2.05) is 59.4 Å². The lowest BCUT2D eigenvalue weighted by Gasteiger charge is -2.25. The van der Waals surface area contributed by atoms with Gasteiger partial charge in [-0.2, -0.15) is 5.26 Å². The zero-order valence-electron chi connectivity index (χ0n) is 12.8. The smallest absolute Gasteiger partial charge is 0.119 e. The molecule has 3 rings (SSSR count). The molecule has 1 heterocycles. The van der Waals surface area contributed by atoms with Crippen molar-refractivity contribution in [1.29, 1.82) is 5.26 Å². The van der Waals surface area contributed by atoms with Gasteiger partial charge in [-0.05, 0) is 42.0 Å². The fourth-order valence-corrected chi connectivity index (χ4v) is 2.31. The molecule has 0 saturated heterocycles. The molecule has 5 heteroatoms. The SMILES string of the molecule is COc1ccc(N(Cc2ccc(C#N)cc2)n2ccnc2)cc1. The minimum Gasteiger partial charge on any atom is -0.497 e. The van der Waals surface area contributed by atoms with Gasteiger partial charge in [-0.25, -0.2) is 9.66 Å². The maximum atomic E-state index is 8.90. The van der Waals surface area contributed by atoms with Crippen molar-refractivity contribution in [2.24, 2.45) is 0 Å². The summed E-state index contributed by atoms with van der Waals surface area (Å²) in [6, 6.07) is 17.6. The van der Waals surface area contributed by atoms with E-state index >= 15 is 0 Å². The first kappa shape index (κ1) is 14.7. The van der Waals surface area contributed by atoms with E-state index in [-0.39, 0.29) is 0 Å². The van der Waals surface area contributed by atoms with Crippen molar-refractivity contribution in [3.63, 3.8) is 0 Å². The second-order valence-electron chi connectivity index (χ2n) is 5.01. The predicted molar refractivity (Wildman–Crippen MR) is 88.0 cm³/mol. The lowest BCUT2D eigenvalue weighted by atomic mass is 10.1. The van der Waals surface area contributed by atoms with E-state index in [1.165, 1.54) is 0 Å². The second kappa shape index (κ2) is 6.67. The van der Waals surface area contributed by atoms with Crippen LogP contribution in [-0.4, -0.2) is 16.8 Å². The number of ether oxygens (including phenoxy) is 1. The van der Waals surface area contributed by atoms with E-state index in [0.717, 1.165) is 17.0 Å². The molecule has 0 fully saturated rings. The largest absolute Gasteiger partial charge is 0.497 e. The van der Waals surface area contributed by atoms with Crippen LogP contribution >= 0.6 is 0 Å². The first-order valence-corrected chi connectivity index (χ1v) is 7.19. The second-order valence-corrected chi connectivity index (χ2v) is 5.01. The summed E-state index contributed by atoms with van der Waals surface area (Å²) in [6.07, 6.45) is 5.40. The van der Waals surface area contributed by atoms with Gasteiger partial charge in [-0.1, -0.05) is 12.1 Å². The van der Waals surface area contributed by atoms with Gasteiger partial charge in [0.15, 0.2) is 0 Å². The molecule has 0 aliphatic rings. The molecule has 0 aliphatic carbocycles. The first-order valence-electron chi connectivity index (χ1n) is 7.19. The maximum Gasteiger partial charge on any atom is 0.119 e. The Morgan fingerprint density at radius 3 is 2.43 bits per heavy atom. The lowest BCUT2D eigenvalue weighted by Crippen LogP contribution is -2.27. The monoisotopic (exact) mass is 304 g/mol. The van der Waals surface area contributed by atoms with E-state index in [2.05, 4.69) is 16.1 Å². The molecule has 0 aliphatic heterocycles. The number of hydrogen-bond donors (Lipinski definition) is 0. The molecule has 2 aromatic carbocycles. The molecule has 23 heavy (non-hydrogen) atoms. The highest BCUT2D eigenvalue weighted by atomic mass is 16.5. The summed E-state index contributed by atoms with van der Waals surface area (Å²) in [6.45, 7) is 0.661. The topological polar surface area (TPSA) is 54.1 Å². The van der Waals surface area contributed by atoms with Crippen molar-refractivity contribution in [2.45, 2.75) is 6.54 Å². The molecule has 0 N–H and O–H groups in total. The molecule has 0 radical (unpaired) electrons. The standard InChI is InChI=1S/C18H16N4O/c1-23-18-8-6-17(7-9-18)22(21-11-10-20-14-21)13-16-4-2-15(12-19)3-5-16/h2-11,14H,13H2,1H3. The maximum absolute atomic E-state index is 8.90. The van der Waals surface area contributed by atoms with Crippen LogP contribution in [0.15, 0.2) is 67.3 Å². The molecule has 5 nitrogen and oxygen atoms in total. The summed E-state index contributed by atoms with van der Waals surface area (Å²) >= 11 is 0. The third-order valence-corrected chi connectivity index (χ3v) is 3.56. The van der Waals surface area contributed by atoms with Crippen LogP contribution in [0.5, 0.6) is 5.75 Å². The van der Waals surface area contributed by atoms with Crippen molar-refractivity contribution in [2.75, 3.05) is 12.1 Å². The number of imidazole rings is 1. The fourth-order valence-electron chi connectivity index (χ4n) is 2.31. The Hall–Kier alpha value is -3.26. The molecule has 3 aromatic rings. The first-order chi connectivity index (χ1) is 11.3. The summed E-state index contributed by atoms with van der Waals surface area (Å²) in [5, 5.41) is 11.0. The minimum atomic E-state index is 0.660. The molecule has 0 amide bonds. The summed E-state index contributed by atoms with van der Waals surface area (Å²) < 4.78 is 7.15. The van der Waals surface area contributed by atoms with Crippen LogP contribution in [0.25, 0.3) is 0 Å². The molecule has 114 valence electrons. The molecule has 1 aromatic heterocycles. The van der Waals surface area contributed by atoms with Gasteiger partial charge in [-0.3, -0.25) is 5.01 Å². The van der Waals surface area contributed by atoms with Crippen molar-refractivity contribution in [1.82, 2.24) is 9.66 Å². The van der Waals surface area contributed by atoms with Crippen molar-refractivity contribution < 1.29 is 4.74 Å². The number of hydrogen-bond acceptors (Lipinski definition) is 4. The molecular weight excluding hydrogens is 288 g/mol. The highest BCUT2D eigenvalue weighted by molar-refractivity contribution is 5.49. The van der Waals surface area contributed by atoms with Crippen LogP contribution in [0.2, 0.25) is 0 Å². The fraction of sp³-hybridized carbons (Fsp3) is 0.111. The molecule has 0 atom stereocenters. The van der Waals surface area contributed by atoms with Crippen LogP contribution < -0.4 is 9.75 Å². The Labute approximate surface area is 135 Å². The highest BCUT2D eigenvalue weighted by Gasteiger charge is 2.10. The molecular formula is C18H16N4O. The number of anilines is 1. The van der Waals surface area contributed by atoms with E-state index in [4.69, 9.17) is 10.00 Å². The van der Waals surface area contributed by atoms with Crippen molar-refractivity contribution >= 4 is 5.69 Å². The van der Waals surface area contributed by atoms with Gasteiger partial charge in [0.25, 0.3) is 0 Å². The van der Waals surface area contributed by atoms with Gasteiger partial charge in [0.1, 0.15) is 12.1 Å². The van der Waals surface area contributed by atoms with Gasteiger partial charge in [0.05, 0.1) is 31.0 Å². The molecule has 0 saturated carbocycles. The number of benzene rings is 2. The highest BCUT2D eigenvalue weighted by Crippen LogP contribution is 2.22. The number of aromatic nitrogens is 2. The van der Waals surface area contributed by atoms with Gasteiger partial charge >= 0.3 is 0 Å². The average molecular weight is 304 g/mol. The summed E-state index contributed by atoms with van der Waals surface area (Å²) in [4.78, 5) is 4.12. The van der Waals surface area contributed by atoms with Crippen LogP contribution in [0.4, 0.5) is 5.69 Å². The molecule has 0 spiro atoms. The normalized spacial score (nSPS) is 10.1. The summed E-state index contributed by atoms with van der Waals surface area (Å²) in [7, 11) is 1.65. The molecule has 0 bridgehead atoms. The number of nitrogens with zero attached hydrogens (tertiary/aromatic N) is 4. The summed E-state index contributed by atoms with van der Waals surface area (Å²) in [5.74, 6) is 0.817. The Balaban J connectivity index is 1.90. The Bertz CT molecular complexity index is 787. The Kier molecular flexibility index (Phi) is 4.25. The number of rotatable bonds is 5. The van der Waals surface area contributed by atoms with Gasteiger partial charge in [0, 0.05) is 12.4 Å². The quantitative estimate of drug-likeness (QED) is 0.726. The van der Waals surface area contributed by atoms with E-state index in [9.17, 15) is 0 Å².